The number of carbonyl (C=O) groups excluding carboxylic acids is 1. The van der Waals surface area contributed by atoms with E-state index in [1.54, 1.807) is 7.05 Å². The zero-order chi connectivity index (χ0) is 25.3. The van der Waals surface area contributed by atoms with E-state index in [0.717, 1.165) is 36.4 Å². The third-order valence-corrected chi connectivity index (χ3v) is 7.09. The third kappa shape index (κ3) is 12.1. The van der Waals surface area contributed by atoms with Crippen LogP contribution < -0.4 is 5.32 Å². The van der Waals surface area contributed by atoms with Crippen molar-refractivity contribution in [3.8, 4) is 0 Å². The third-order valence-electron chi connectivity index (χ3n) is 7.09. The van der Waals surface area contributed by atoms with Crippen LogP contribution >= 0.6 is 12.4 Å². The smallest absolute Gasteiger partial charge is 0.251 e. The molecule has 0 spiro atoms. The molecule has 0 aliphatic carbocycles. The first-order valence-electron chi connectivity index (χ1n) is 14.4. The van der Waals surface area contributed by atoms with Gasteiger partial charge in [-0.15, -0.1) is 12.4 Å². The van der Waals surface area contributed by atoms with Crippen LogP contribution in [-0.4, -0.2) is 48.0 Å². The molecule has 2 aromatic rings. The number of imidazole rings is 1. The molecule has 1 aromatic carbocycles. The number of fused-ring (bicyclic) bond motifs is 1. The number of hydrogen-bond donors (Lipinski definition) is 1. The predicted molar refractivity (Wildman–Crippen MR) is 158 cm³/mol. The Morgan fingerprint density at radius 1 is 0.861 bits per heavy atom. The van der Waals surface area contributed by atoms with Crippen molar-refractivity contribution in [2.45, 2.75) is 116 Å². The van der Waals surface area contributed by atoms with Gasteiger partial charge in [0.25, 0.3) is 5.91 Å². The summed E-state index contributed by atoms with van der Waals surface area (Å²) in [6.45, 7) is 4.20. The van der Waals surface area contributed by atoms with E-state index in [1.165, 1.54) is 96.3 Å². The van der Waals surface area contributed by atoms with Crippen LogP contribution in [0, 0.1) is 0 Å². The summed E-state index contributed by atoms with van der Waals surface area (Å²) in [4.78, 5) is 19.2. The Kier molecular flexibility index (Phi) is 17.6. The number of rotatable bonds is 20. The first kappa shape index (κ1) is 32.4. The van der Waals surface area contributed by atoms with Gasteiger partial charge in [0.15, 0.2) is 0 Å². The molecule has 0 radical (unpaired) electrons. The van der Waals surface area contributed by atoms with Crippen LogP contribution in [0.15, 0.2) is 18.2 Å². The Labute approximate surface area is 227 Å². The second-order valence-corrected chi connectivity index (χ2v) is 10.5. The molecular weight excluding hydrogens is 468 g/mol. The SMILES string of the molecule is CCCCCCCCCCCCCCCCCc1nc2cc(C(=O)NC)ccc2n1CCN(C)C.Cl. The van der Waals surface area contributed by atoms with Crippen molar-refractivity contribution in [3.05, 3.63) is 29.6 Å². The van der Waals surface area contributed by atoms with Crippen molar-refractivity contribution in [2.75, 3.05) is 27.7 Å². The number of benzene rings is 1. The van der Waals surface area contributed by atoms with Crippen molar-refractivity contribution < 1.29 is 4.79 Å². The normalized spacial score (nSPS) is 11.2. The summed E-state index contributed by atoms with van der Waals surface area (Å²) in [6.07, 6.45) is 21.8. The van der Waals surface area contributed by atoms with Gasteiger partial charge in [0, 0.05) is 32.1 Å². The number of unbranched alkanes of at least 4 members (excludes halogenated alkanes) is 14. The Bertz CT molecular complexity index is 849. The second kappa shape index (κ2) is 19.5. The Morgan fingerprint density at radius 3 is 1.89 bits per heavy atom. The molecule has 0 aliphatic rings. The van der Waals surface area contributed by atoms with Crippen LogP contribution in [0.5, 0.6) is 0 Å². The molecular formula is C30H53ClN4O. The van der Waals surface area contributed by atoms with E-state index < -0.39 is 0 Å². The maximum atomic E-state index is 12.0. The zero-order valence-corrected chi connectivity index (χ0v) is 24.4. The average molecular weight is 521 g/mol. The molecule has 2 rings (SSSR count). The molecule has 1 aromatic heterocycles. The fourth-order valence-electron chi connectivity index (χ4n) is 4.86. The Balaban J connectivity index is 0.00000648. The zero-order valence-electron chi connectivity index (χ0n) is 23.6. The van der Waals surface area contributed by atoms with Gasteiger partial charge < -0.3 is 14.8 Å². The number of aromatic nitrogens is 2. The molecule has 0 saturated carbocycles. The lowest BCUT2D eigenvalue weighted by atomic mass is 10.0. The van der Waals surface area contributed by atoms with Crippen molar-refractivity contribution in [1.29, 1.82) is 0 Å². The topological polar surface area (TPSA) is 50.2 Å². The molecule has 1 amide bonds. The van der Waals surface area contributed by atoms with E-state index in [0.29, 0.717) is 5.56 Å². The van der Waals surface area contributed by atoms with E-state index in [9.17, 15) is 4.79 Å². The highest BCUT2D eigenvalue weighted by Gasteiger charge is 2.13. The van der Waals surface area contributed by atoms with E-state index in [2.05, 4.69) is 41.9 Å². The molecule has 36 heavy (non-hydrogen) atoms. The minimum absolute atomic E-state index is 0. The highest BCUT2D eigenvalue weighted by Crippen LogP contribution is 2.21. The van der Waals surface area contributed by atoms with Crippen LogP contribution in [0.4, 0.5) is 0 Å². The van der Waals surface area contributed by atoms with Crippen molar-refractivity contribution in [3.63, 3.8) is 0 Å². The summed E-state index contributed by atoms with van der Waals surface area (Å²) in [5, 5.41) is 2.71. The second-order valence-electron chi connectivity index (χ2n) is 10.5. The molecule has 206 valence electrons. The van der Waals surface area contributed by atoms with E-state index in [1.807, 2.05) is 12.1 Å². The van der Waals surface area contributed by atoms with Gasteiger partial charge >= 0.3 is 0 Å². The largest absolute Gasteiger partial charge is 0.355 e. The average Bonchev–Trinajstić information content (AvgIpc) is 3.20. The molecule has 5 nitrogen and oxygen atoms in total. The lowest BCUT2D eigenvalue weighted by Gasteiger charge is -2.13. The van der Waals surface area contributed by atoms with Crippen molar-refractivity contribution in [2.24, 2.45) is 0 Å². The first-order chi connectivity index (χ1) is 17.1. The fraction of sp³-hybridized carbons (Fsp3) is 0.733. The summed E-state index contributed by atoms with van der Waals surface area (Å²) in [6, 6.07) is 5.89. The number of halogens is 1. The quantitative estimate of drug-likeness (QED) is 0.181. The van der Waals surface area contributed by atoms with Crippen molar-refractivity contribution >= 4 is 29.3 Å². The van der Waals surface area contributed by atoms with E-state index in [-0.39, 0.29) is 18.3 Å². The van der Waals surface area contributed by atoms with E-state index >= 15 is 0 Å². The molecule has 1 N–H and O–H groups in total. The van der Waals surface area contributed by atoms with Gasteiger partial charge in [0.2, 0.25) is 0 Å². The van der Waals surface area contributed by atoms with Crippen LogP contribution in [0.2, 0.25) is 0 Å². The molecule has 1 heterocycles. The lowest BCUT2D eigenvalue weighted by Crippen LogP contribution is -2.19. The highest BCUT2D eigenvalue weighted by molar-refractivity contribution is 5.97. The van der Waals surface area contributed by atoms with Crippen LogP contribution in [0.25, 0.3) is 11.0 Å². The van der Waals surface area contributed by atoms with Gasteiger partial charge in [0.1, 0.15) is 5.82 Å². The van der Waals surface area contributed by atoms with Gasteiger partial charge in [-0.1, -0.05) is 96.8 Å². The summed E-state index contributed by atoms with van der Waals surface area (Å²) < 4.78 is 2.35. The molecule has 6 heteroatoms. The summed E-state index contributed by atoms with van der Waals surface area (Å²) in [5.74, 6) is 1.10. The Morgan fingerprint density at radius 2 is 1.39 bits per heavy atom. The van der Waals surface area contributed by atoms with Gasteiger partial charge in [-0.2, -0.15) is 0 Å². The monoisotopic (exact) mass is 520 g/mol. The van der Waals surface area contributed by atoms with Gasteiger partial charge in [-0.25, -0.2) is 4.98 Å². The highest BCUT2D eigenvalue weighted by atomic mass is 35.5. The number of hydrogen-bond acceptors (Lipinski definition) is 3. The molecule has 0 atom stereocenters. The minimum Gasteiger partial charge on any atom is -0.355 e. The summed E-state index contributed by atoms with van der Waals surface area (Å²) in [7, 11) is 5.89. The maximum Gasteiger partial charge on any atom is 0.251 e. The minimum atomic E-state index is -0.0568. The van der Waals surface area contributed by atoms with Crippen LogP contribution in [0.1, 0.15) is 119 Å². The number of nitrogens with one attached hydrogen (secondary N) is 1. The van der Waals surface area contributed by atoms with E-state index in [4.69, 9.17) is 4.98 Å². The summed E-state index contributed by atoms with van der Waals surface area (Å²) >= 11 is 0. The lowest BCUT2D eigenvalue weighted by molar-refractivity contribution is 0.0963. The van der Waals surface area contributed by atoms with Crippen LogP contribution in [-0.2, 0) is 13.0 Å². The van der Waals surface area contributed by atoms with Gasteiger partial charge in [-0.3, -0.25) is 4.79 Å². The molecule has 0 saturated heterocycles. The van der Waals surface area contributed by atoms with Gasteiger partial charge in [-0.05, 0) is 38.7 Å². The molecule has 0 fully saturated rings. The molecule has 0 unspecified atom stereocenters. The predicted octanol–water partition coefficient (Wildman–Crippen LogP) is 7.79. The number of likely N-dealkylation sites (N-methyl/N-ethyl adjacent to an activating group) is 1. The number of nitrogens with zero attached hydrogens (tertiary/aromatic N) is 3. The number of carbonyl (C=O) groups is 1. The first-order valence-corrected chi connectivity index (χ1v) is 14.4. The number of aryl methyl sites for hydroxylation is 1. The fourth-order valence-corrected chi connectivity index (χ4v) is 4.86. The van der Waals surface area contributed by atoms with Crippen molar-refractivity contribution in [1.82, 2.24) is 19.8 Å². The van der Waals surface area contributed by atoms with Gasteiger partial charge in [0.05, 0.1) is 11.0 Å². The standard InChI is InChI=1S/C30H52N4O.ClH/c1-5-6-7-8-9-10-11-12-13-14-15-16-17-18-19-20-29-32-27-25-26(30(35)31-2)21-22-28(27)34(29)24-23-33(3)4;/h21-22,25H,5-20,23-24H2,1-4H3,(H,31,35);1H. The molecule has 0 aliphatic heterocycles. The summed E-state index contributed by atoms with van der Waals surface area (Å²) in [5.41, 5.74) is 2.74. The number of amides is 1. The van der Waals surface area contributed by atoms with Crippen LogP contribution in [0.3, 0.4) is 0 Å². The molecule has 0 bridgehead atoms. The maximum absolute atomic E-state index is 12.0. The Hall–Kier alpha value is -1.59.